The van der Waals surface area contributed by atoms with E-state index in [1.807, 2.05) is 36.6 Å². The number of carbonyl (C=O) groups excluding carboxylic acids is 2. The average Bonchev–Trinajstić information content (AvgIpc) is 3.15. The lowest BCUT2D eigenvalue weighted by molar-refractivity contribution is -0.117. The number of para-hydroxylation sites is 1. The molecular formula is C21H19NO3S. The number of thiazole rings is 1. The van der Waals surface area contributed by atoms with Gasteiger partial charge in [-0.15, -0.1) is 11.3 Å². The molecule has 1 aromatic heterocycles. The Bertz CT molecular complexity index is 932. The van der Waals surface area contributed by atoms with Crippen molar-refractivity contribution in [2.75, 3.05) is 7.11 Å². The second kappa shape index (κ2) is 8.06. The molecule has 0 saturated heterocycles. The van der Waals surface area contributed by atoms with E-state index in [1.54, 1.807) is 31.5 Å². The third-order valence-electron chi connectivity index (χ3n) is 4.08. The van der Waals surface area contributed by atoms with Gasteiger partial charge in [-0.2, -0.15) is 0 Å². The Balaban J connectivity index is 1.90. The molecule has 0 atom stereocenters. The van der Waals surface area contributed by atoms with Crippen molar-refractivity contribution in [3.63, 3.8) is 0 Å². The SMILES string of the molecule is COc1ccccc1C(=O)c1cc(C)ccc1CC(=O)Cc1nccs1. The third kappa shape index (κ3) is 4.06. The number of Topliss-reactive ketones (excluding diaryl/α,β-unsaturated/α-hetero) is 1. The van der Waals surface area contributed by atoms with Crippen LogP contribution >= 0.6 is 11.3 Å². The summed E-state index contributed by atoms with van der Waals surface area (Å²) in [5.74, 6) is 0.431. The molecule has 4 nitrogen and oxygen atoms in total. The minimum Gasteiger partial charge on any atom is -0.496 e. The maximum atomic E-state index is 13.1. The van der Waals surface area contributed by atoms with Gasteiger partial charge in [-0.05, 0) is 30.7 Å². The van der Waals surface area contributed by atoms with Gasteiger partial charge in [0.15, 0.2) is 5.78 Å². The molecule has 26 heavy (non-hydrogen) atoms. The predicted molar refractivity (Wildman–Crippen MR) is 102 cm³/mol. The Kier molecular flexibility index (Phi) is 5.58. The lowest BCUT2D eigenvalue weighted by Crippen LogP contribution is -2.12. The van der Waals surface area contributed by atoms with E-state index >= 15 is 0 Å². The van der Waals surface area contributed by atoms with E-state index in [1.165, 1.54) is 11.3 Å². The Morgan fingerprint density at radius 2 is 1.88 bits per heavy atom. The summed E-state index contributed by atoms with van der Waals surface area (Å²) < 4.78 is 5.31. The molecule has 0 saturated carbocycles. The van der Waals surface area contributed by atoms with Crippen LogP contribution in [0.3, 0.4) is 0 Å². The van der Waals surface area contributed by atoms with E-state index in [9.17, 15) is 9.59 Å². The van der Waals surface area contributed by atoms with Crippen LogP contribution < -0.4 is 4.74 Å². The summed E-state index contributed by atoms with van der Waals surface area (Å²) in [5, 5.41) is 2.64. The summed E-state index contributed by atoms with van der Waals surface area (Å²) in [6, 6.07) is 12.7. The molecule has 0 fully saturated rings. The number of ketones is 2. The molecule has 0 spiro atoms. The molecule has 0 radical (unpaired) electrons. The molecule has 5 heteroatoms. The van der Waals surface area contributed by atoms with E-state index in [0.717, 1.165) is 16.1 Å². The van der Waals surface area contributed by atoms with Gasteiger partial charge >= 0.3 is 0 Å². The zero-order valence-corrected chi connectivity index (χ0v) is 15.5. The zero-order valence-electron chi connectivity index (χ0n) is 14.7. The second-order valence-corrected chi connectivity index (χ2v) is 6.99. The van der Waals surface area contributed by atoms with Crippen LogP contribution in [0.1, 0.15) is 32.1 Å². The first-order valence-electron chi connectivity index (χ1n) is 8.26. The first kappa shape index (κ1) is 18.0. The van der Waals surface area contributed by atoms with Crippen molar-refractivity contribution in [2.24, 2.45) is 0 Å². The summed E-state index contributed by atoms with van der Waals surface area (Å²) in [4.78, 5) is 29.7. The van der Waals surface area contributed by atoms with Gasteiger partial charge in [-0.3, -0.25) is 9.59 Å². The van der Waals surface area contributed by atoms with Crippen LogP contribution in [0.25, 0.3) is 0 Å². The lowest BCUT2D eigenvalue weighted by Gasteiger charge is -2.12. The van der Waals surface area contributed by atoms with Crippen LogP contribution in [-0.4, -0.2) is 23.7 Å². The van der Waals surface area contributed by atoms with Crippen LogP contribution in [0, 0.1) is 6.92 Å². The van der Waals surface area contributed by atoms with E-state index in [4.69, 9.17) is 4.74 Å². The van der Waals surface area contributed by atoms with Gasteiger partial charge < -0.3 is 4.74 Å². The van der Waals surface area contributed by atoms with E-state index < -0.39 is 0 Å². The first-order chi connectivity index (χ1) is 12.6. The molecule has 0 amide bonds. The van der Waals surface area contributed by atoms with Crippen molar-refractivity contribution in [3.8, 4) is 5.75 Å². The highest BCUT2D eigenvalue weighted by atomic mass is 32.1. The number of aryl methyl sites for hydroxylation is 1. The molecule has 0 unspecified atom stereocenters. The van der Waals surface area contributed by atoms with Crippen molar-refractivity contribution < 1.29 is 14.3 Å². The maximum Gasteiger partial charge on any atom is 0.197 e. The smallest absolute Gasteiger partial charge is 0.197 e. The summed E-state index contributed by atoms with van der Waals surface area (Å²) in [5.41, 5.74) is 2.74. The molecule has 0 aliphatic heterocycles. The number of hydrogen-bond acceptors (Lipinski definition) is 5. The van der Waals surface area contributed by atoms with Crippen LogP contribution in [0.5, 0.6) is 5.75 Å². The fraction of sp³-hybridized carbons (Fsp3) is 0.190. The van der Waals surface area contributed by atoms with Gasteiger partial charge in [0.2, 0.25) is 0 Å². The summed E-state index contributed by atoms with van der Waals surface area (Å²) in [6.07, 6.45) is 2.18. The van der Waals surface area contributed by atoms with Gasteiger partial charge in [0.05, 0.1) is 24.1 Å². The van der Waals surface area contributed by atoms with Crippen LogP contribution in [-0.2, 0) is 17.6 Å². The minimum atomic E-state index is -0.136. The summed E-state index contributed by atoms with van der Waals surface area (Å²) in [6.45, 7) is 1.93. The second-order valence-electron chi connectivity index (χ2n) is 6.01. The molecule has 0 N–H and O–H groups in total. The van der Waals surface area contributed by atoms with Crippen molar-refractivity contribution in [2.45, 2.75) is 19.8 Å². The standard InChI is InChI=1S/C21H19NO3S/c1-14-7-8-15(12-16(23)13-20-22-9-10-26-20)18(11-14)21(24)17-5-3-4-6-19(17)25-2/h3-11H,12-13H2,1-2H3. The van der Waals surface area contributed by atoms with Crippen LogP contribution in [0.4, 0.5) is 0 Å². The van der Waals surface area contributed by atoms with E-state index in [0.29, 0.717) is 16.9 Å². The normalized spacial score (nSPS) is 10.5. The number of benzene rings is 2. The highest BCUT2D eigenvalue weighted by Gasteiger charge is 2.19. The topological polar surface area (TPSA) is 56.3 Å². The van der Waals surface area contributed by atoms with Crippen LogP contribution in [0.2, 0.25) is 0 Å². The molecule has 132 valence electrons. The largest absolute Gasteiger partial charge is 0.496 e. The van der Waals surface area contributed by atoms with Gasteiger partial charge in [0.1, 0.15) is 11.5 Å². The van der Waals surface area contributed by atoms with Gasteiger partial charge in [-0.1, -0.05) is 29.8 Å². The fourth-order valence-corrected chi connectivity index (χ4v) is 3.46. The van der Waals surface area contributed by atoms with Gasteiger partial charge in [0, 0.05) is 23.6 Å². The third-order valence-corrected chi connectivity index (χ3v) is 4.86. The predicted octanol–water partition coefficient (Wildman–Crippen LogP) is 4.05. The number of rotatable bonds is 7. The van der Waals surface area contributed by atoms with Crippen molar-refractivity contribution in [1.82, 2.24) is 4.98 Å². The van der Waals surface area contributed by atoms with Gasteiger partial charge in [0.25, 0.3) is 0 Å². The maximum absolute atomic E-state index is 13.1. The molecule has 2 aromatic carbocycles. The van der Waals surface area contributed by atoms with Crippen LogP contribution in [0.15, 0.2) is 54.0 Å². The lowest BCUT2D eigenvalue weighted by atomic mass is 9.93. The number of hydrogen-bond donors (Lipinski definition) is 0. The molecule has 3 aromatic rings. The Morgan fingerprint density at radius 3 is 2.62 bits per heavy atom. The number of methoxy groups -OCH3 is 1. The van der Waals surface area contributed by atoms with E-state index in [-0.39, 0.29) is 24.4 Å². The fourth-order valence-electron chi connectivity index (χ4n) is 2.82. The quantitative estimate of drug-likeness (QED) is 0.593. The Hall–Kier alpha value is -2.79. The number of ether oxygens (including phenoxy) is 1. The molecule has 0 bridgehead atoms. The summed E-state index contributed by atoms with van der Waals surface area (Å²) >= 11 is 1.46. The summed E-state index contributed by atoms with van der Waals surface area (Å²) in [7, 11) is 1.54. The number of carbonyl (C=O) groups is 2. The van der Waals surface area contributed by atoms with E-state index in [2.05, 4.69) is 4.98 Å². The minimum absolute atomic E-state index is 0.0397. The monoisotopic (exact) mass is 365 g/mol. The Labute approximate surface area is 156 Å². The molecular weight excluding hydrogens is 346 g/mol. The van der Waals surface area contributed by atoms with Gasteiger partial charge in [-0.25, -0.2) is 4.98 Å². The zero-order chi connectivity index (χ0) is 18.5. The first-order valence-corrected chi connectivity index (χ1v) is 9.13. The Morgan fingerprint density at radius 1 is 1.08 bits per heavy atom. The number of nitrogens with zero attached hydrogens (tertiary/aromatic N) is 1. The van der Waals surface area contributed by atoms with Crippen molar-refractivity contribution >= 4 is 22.9 Å². The highest BCUT2D eigenvalue weighted by molar-refractivity contribution is 7.09. The molecule has 0 aliphatic carbocycles. The number of aromatic nitrogens is 1. The molecule has 3 rings (SSSR count). The highest BCUT2D eigenvalue weighted by Crippen LogP contribution is 2.24. The molecule has 0 aliphatic rings. The van der Waals surface area contributed by atoms with Crippen molar-refractivity contribution in [3.05, 3.63) is 81.3 Å². The average molecular weight is 365 g/mol. The van der Waals surface area contributed by atoms with Crippen molar-refractivity contribution in [1.29, 1.82) is 0 Å². The molecule has 1 heterocycles.